The van der Waals surface area contributed by atoms with Gasteiger partial charge in [0.15, 0.2) is 11.5 Å². The fourth-order valence-electron chi connectivity index (χ4n) is 7.13. The Hall–Kier alpha value is -5.89. The monoisotopic (exact) mass is 755 g/mol. The molecule has 0 spiro atoms. The fraction of sp³-hybridized carbons (Fsp3) is 0.300. The first-order valence-electron chi connectivity index (χ1n) is 17.6. The second-order valence-corrected chi connectivity index (χ2v) is 15.0. The fourth-order valence-corrected chi connectivity index (χ4v) is 8.48. The van der Waals surface area contributed by atoms with E-state index in [1.807, 2.05) is 56.4 Å². The molecule has 1 unspecified atom stereocenters. The van der Waals surface area contributed by atoms with E-state index < -0.39 is 5.54 Å². The molecule has 54 heavy (non-hydrogen) atoms. The van der Waals surface area contributed by atoms with Gasteiger partial charge in [-0.3, -0.25) is 23.8 Å². The number of amides is 2. The smallest absolute Gasteiger partial charge is 0.255 e. The molecule has 3 aromatic heterocycles. The average Bonchev–Trinajstić information content (AvgIpc) is 3.94. The average molecular weight is 756 g/mol. The van der Waals surface area contributed by atoms with Crippen molar-refractivity contribution in [2.45, 2.75) is 71.1 Å². The maximum absolute atomic E-state index is 13.3. The standard InChI is InChI=1S/C40H34ClN9O3S/c1-24-33(54-39-35(24)36(28-11-13-29(41)14-12-28)43-25(2)37-46-44-26(3)50(37)39)16-15-30-20-48(47-45-30)19-6-4-5-8-27-9-7-10-31-32(27)21-49(38(31)53)40(23-51)18-17-34(52)42-22-40/h7,9-14,20,23,25H,4,6,17-19,21-22H2,1-3H3,(H,42,52)/t25-,40?/m0/s1. The molecule has 8 rings (SSSR count). The number of rotatable bonds is 6. The van der Waals surface area contributed by atoms with Gasteiger partial charge in [-0.15, -0.1) is 26.6 Å². The second-order valence-electron chi connectivity index (χ2n) is 13.6. The van der Waals surface area contributed by atoms with Gasteiger partial charge >= 0.3 is 0 Å². The molecule has 1 N–H and O–H groups in total. The number of aromatic nitrogens is 6. The molecule has 12 nitrogen and oxygen atoms in total. The summed E-state index contributed by atoms with van der Waals surface area (Å²) >= 11 is 7.80. The molecule has 6 heterocycles. The third-order valence-corrected chi connectivity index (χ3v) is 11.5. The van der Waals surface area contributed by atoms with E-state index in [0.29, 0.717) is 35.7 Å². The number of aldehydes is 1. The van der Waals surface area contributed by atoms with Gasteiger partial charge < -0.3 is 15.0 Å². The second kappa shape index (κ2) is 14.2. The van der Waals surface area contributed by atoms with Crippen LogP contribution in [-0.2, 0) is 22.7 Å². The molecule has 3 aliphatic rings. The van der Waals surface area contributed by atoms with Crippen LogP contribution >= 0.6 is 22.9 Å². The van der Waals surface area contributed by atoms with Crippen molar-refractivity contribution in [2.24, 2.45) is 4.99 Å². The lowest BCUT2D eigenvalue weighted by molar-refractivity contribution is -0.128. The number of fused-ring (bicyclic) bond motifs is 4. The summed E-state index contributed by atoms with van der Waals surface area (Å²) in [5.74, 6) is 14.3. The number of carbonyl (C=O) groups excluding carboxylic acids is 3. The molecule has 3 aliphatic heterocycles. The summed E-state index contributed by atoms with van der Waals surface area (Å²) in [6.45, 7) is 7.04. The Balaban J connectivity index is 0.954. The summed E-state index contributed by atoms with van der Waals surface area (Å²) in [6.07, 6.45) is 4.48. The van der Waals surface area contributed by atoms with E-state index in [0.717, 1.165) is 67.8 Å². The van der Waals surface area contributed by atoms with E-state index in [1.165, 1.54) is 0 Å². The van der Waals surface area contributed by atoms with Crippen LogP contribution in [0.25, 0.3) is 5.00 Å². The maximum atomic E-state index is 13.3. The predicted octanol–water partition coefficient (Wildman–Crippen LogP) is 5.14. The maximum Gasteiger partial charge on any atom is 0.255 e. The molecule has 0 aliphatic carbocycles. The van der Waals surface area contributed by atoms with E-state index in [-0.39, 0.29) is 37.4 Å². The SMILES string of the molecule is Cc1c(C#Cc2cn(CCCC#Cc3cccc4c3CN(C3(C=O)CCC(=O)NC3)C4=O)nn2)sc2c1C(c1ccc(Cl)cc1)=N[C@@H](C)c1nnc(C)n1-2. The highest BCUT2D eigenvalue weighted by atomic mass is 35.5. The summed E-state index contributed by atoms with van der Waals surface area (Å²) in [7, 11) is 0. The highest BCUT2D eigenvalue weighted by Crippen LogP contribution is 2.39. The molecule has 0 radical (unpaired) electrons. The molecule has 1 fully saturated rings. The van der Waals surface area contributed by atoms with Crippen molar-refractivity contribution in [2.75, 3.05) is 6.54 Å². The zero-order valence-corrected chi connectivity index (χ0v) is 31.4. The zero-order valence-electron chi connectivity index (χ0n) is 29.8. The summed E-state index contributed by atoms with van der Waals surface area (Å²) < 4.78 is 3.84. The molecule has 5 aromatic rings. The van der Waals surface area contributed by atoms with Crippen LogP contribution in [-0.4, -0.2) is 70.6 Å². The van der Waals surface area contributed by atoms with E-state index >= 15 is 0 Å². The quantitative estimate of drug-likeness (QED) is 0.144. The Morgan fingerprint density at radius 3 is 2.69 bits per heavy atom. The first-order valence-corrected chi connectivity index (χ1v) is 18.8. The summed E-state index contributed by atoms with van der Waals surface area (Å²) in [6, 6.07) is 13.0. The van der Waals surface area contributed by atoms with Crippen molar-refractivity contribution in [3.63, 3.8) is 0 Å². The largest absolute Gasteiger partial charge is 0.353 e. The Kier molecular flexibility index (Phi) is 9.22. The van der Waals surface area contributed by atoms with Gasteiger partial charge in [0.25, 0.3) is 5.91 Å². The summed E-state index contributed by atoms with van der Waals surface area (Å²) in [4.78, 5) is 44.9. The number of aliphatic imine (C=N–C) groups is 1. The molecule has 1 saturated heterocycles. The molecular formula is C40H34ClN9O3S. The Morgan fingerprint density at radius 2 is 1.91 bits per heavy atom. The Labute approximate surface area is 320 Å². The van der Waals surface area contributed by atoms with Crippen molar-refractivity contribution in [1.29, 1.82) is 0 Å². The number of benzene rings is 2. The van der Waals surface area contributed by atoms with Gasteiger partial charge in [-0.1, -0.05) is 46.9 Å². The number of halogens is 1. The highest BCUT2D eigenvalue weighted by Gasteiger charge is 2.46. The van der Waals surface area contributed by atoms with Crippen LogP contribution in [0.4, 0.5) is 0 Å². The molecule has 270 valence electrons. The first kappa shape index (κ1) is 35.2. The Morgan fingerprint density at radius 1 is 1.07 bits per heavy atom. The lowest BCUT2D eigenvalue weighted by Crippen LogP contribution is -2.60. The van der Waals surface area contributed by atoms with Crippen molar-refractivity contribution in [3.05, 3.63) is 109 Å². The van der Waals surface area contributed by atoms with Crippen LogP contribution in [0, 0.1) is 37.5 Å². The van der Waals surface area contributed by atoms with Crippen LogP contribution < -0.4 is 5.32 Å². The molecule has 14 heteroatoms. The normalized spacial score (nSPS) is 18.6. The van der Waals surface area contributed by atoms with Gasteiger partial charge in [0, 0.05) is 59.8 Å². The van der Waals surface area contributed by atoms with E-state index in [2.05, 4.69) is 61.0 Å². The van der Waals surface area contributed by atoms with E-state index in [1.54, 1.807) is 27.0 Å². The van der Waals surface area contributed by atoms with Gasteiger partial charge in [0.2, 0.25) is 5.91 Å². The number of carbonyl (C=O) groups is 3. The minimum absolute atomic E-state index is 0.113. The molecule has 0 bridgehead atoms. The predicted molar refractivity (Wildman–Crippen MR) is 204 cm³/mol. The van der Waals surface area contributed by atoms with Crippen molar-refractivity contribution in [3.8, 4) is 28.7 Å². The van der Waals surface area contributed by atoms with Gasteiger partial charge in [0.05, 0.1) is 16.8 Å². The van der Waals surface area contributed by atoms with Crippen molar-refractivity contribution >= 4 is 46.7 Å². The Bertz CT molecular complexity index is 2500. The third-order valence-electron chi connectivity index (χ3n) is 10.1. The number of hydrogen-bond acceptors (Lipinski definition) is 9. The van der Waals surface area contributed by atoms with Crippen LogP contribution in [0.2, 0.25) is 5.02 Å². The minimum Gasteiger partial charge on any atom is -0.353 e. The zero-order chi connectivity index (χ0) is 37.6. The number of nitrogens with one attached hydrogen (secondary N) is 1. The van der Waals surface area contributed by atoms with Gasteiger partial charge in [-0.05, 0) is 80.8 Å². The number of thiophene rings is 1. The number of hydrogen-bond donors (Lipinski definition) is 1. The van der Waals surface area contributed by atoms with E-state index in [4.69, 9.17) is 16.6 Å². The van der Waals surface area contributed by atoms with Crippen molar-refractivity contribution in [1.82, 2.24) is 40.0 Å². The molecule has 2 atom stereocenters. The number of aryl methyl sites for hydroxylation is 2. The first-order chi connectivity index (χ1) is 26.2. The molecule has 2 amide bonds. The van der Waals surface area contributed by atoms with Crippen LogP contribution in [0.5, 0.6) is 0 Å². The number of unbranched alkanes of at least 4 members (excludes halogenated alkanes) is 1. The molecule has 2 aromatic carbocycles. The van der Waals surface area contributed by atoms with Gasteiger partial charge in [-0.25, -0.2) is 0 Å². The highest BCUT2D eigenvalue weighted by molar-refractivity contribution is 7.15. The van der Waals surface area contributed by atoms with E-state index in [9.17, 15) is 14.4 Å². The summed E-state index contributed by atoms with van der Waals surface area (Å²) in [5.41, 5.74) is 5.48. The summed E-state index contributed by atoms with van der Waals surface area (Å²) in [5, 5.41) is 21.8. The molecular weight excluding hydrogens is 722 g/mol. The third kappa shape index (κ3) is 6.29. The lowest BCUT2D eigenvalue weighted by Gasteiger charge is -2.40. The number of piperidine rings is 1. The van der Waals surface area contributed by atoms with Crippen molar-refractivity contribution < 1.29 is 14.4 Å². The molecule has 0 saturated carbocycles. The number of nitrogens with zero attached hydrogens (tertiary/aromatic N) is 8. The van der Waals surface area contributed by atoms with Crippen LogP contribution in [0.1, 0.15) is 99.0 Å². The van der Waals surface area contributed by atoms with Gasteiger partial charge in [-0.2, -0.15) is 0 Å². The van der Waals surface area contributed by atoms with Crippen LogP contribution in [0.15, 0.2) is 53.7 Å². The van der Waals surface area contributed by atoms with Crippen LogP contribution in [0.3, 0.4) is 0 Å². The van der Waals surface area contributed by atoms with Gasteiger partial charge in [0.1, 0.15) is 28.7 Å². The topological polar surface area (TPSA) is 140 Å². The lowest BCUT2D eigenvalue weighted by atomic mass is 9.89. The minimum atomic E-state index is -1.05.